The minimum atomic E-state index is 0.737. The van der Waals surface area contributed by atoms with E-state index in [1.165, 1.54) is 26.2 Å². The molecule has 3 aromatic heterocycles. The number of halogens is 1. The van der Waals surface area contributed by atoms with Gasteiger partial charge in [0, 0.05) is 37.6 Å². The molecule has 0 unspecified atom stereocenters. The number of rotatable bonds is 1. The summed E-state index contributed by atoms with van der Waals surface area (Å²) in [4.78, 5) is 9.61. The van der Waals surface area contributed by atoms with Crippen LogP contribution in [0.4, 0.5) is 0 Å². The number of benzene rings is 3. The number of nitrogens with one attached hydrogen (secondary N) is 1. The fourth-order valence-corrected chi connectivity index (χ4v) is 5.35. The van der Waals surface area contributed by atoms with E-state index in [0.29, 0.717) is 0 Å². The quantitative estimate of drug-likeness (QED) is 0.314. The van der Waals surface area contributed by atoms with Gasteiger partial charge in [0.2, 0.25) is 0 Å². The van der Waals surface area contributed by atoms with Crippen molar-refractivity contribution >= 4 is 65.0 Å². The van der Waals surface area contributed by atoms with E-state index >= 15 is 0 Å². The number of H-pyrrole nitrogens is 1. The van der Waals surface area contributed by atoms with E-state index in [1.54, 1.807) is 11.3 Å². The lowest BCUT2D eigenvalue weighted by atomic mass is 10.0. The van der Waals surface area contributed by atoms with Crippen molar-refractivity contribution in [1.82, 2.24) is 9.97 Å². The highest BCUT2D eigenvalue weighted by Gasteiger charge is 2.18. The van der Waals surface area contributed by atoms with Crippen LogP contribution in [0.15, 0.2) is 72.8 Å². The summed E-state index contributed by atoms with van der Waals surface area (Å²) < 4.78 is 1.22. The predicted molar refractivity (Wildman–Crippen MR) is 117 cm³/mol. The Balaban J connectivity index is 1.88. The number of aromatic amines is 1. The highest BCUT2D eigenvalue weighted by atomic mass is 35.5. The van der Waals surface area contributed by atoms with Crippen LogP contribution >= 0.6 is 22.9 Å². The normalized spacial score (nSPS) is 11.9. The van der Waals surface area contributed by atoms with Crippen LogP contribution in [-0.2, 0) is 0 Å². The summed E-state index contributed by atoms with van der Waals surface area (Å²) in [5, 5.41) is 5.70. The Morgan fingerprint density at radius 3 is 2.52 bits per heavy atom. The molecule has 0 saturated heterocycles. The molecule has 128 valence electrons. The van der Waals surface area contributed by atoms with Gasteiger partial charge in [-0.05, 0) is 24.3 Å². The van der Waals surface area contributed by atoms with Crippen LogP contribution in [0.1, 0.15) is 0 Å². The Hall–Kier alpha value is -2.88. The van der Waals surface area contributed by atoms with E-state index in [-0.39, 0.29) is 0 Å². The summed E-state index contributed by atoms with van der Waals surface area (Å²) in [5.41, 5.74) is 4.36. The Bertz CT molecular complexity index is 1490. The first kappa shape index (κ1) is 15.2. The molecule has 0 radical (unpaired) electrons. The molecule has 27 heavy (non-hydrogen) atoms. The number of hydrogen-bond acceptors (Lipinski definition) is 2. The van der Waals surface area contributed by atoms with E-state index < -0.39 is 0 Å². The molecule has 0 amide bonds. The third-order valence-electron chi connectivity index (χ3n) is 5.08. The SMILES string of the molecule is Clc1cccc(-c2[nH]c3ccccc3c3c2sc2nc4ccccc4c23)c1. The summed E-state index contributed by atoms with van der Waals surface area (Å²) in [6.07, 6.45) is 0. The number of fused-ring (bicyclic) bond motifs is 7. The lowest BCUT2D eigenvalue weighted by Gasteiger charge is -2.09. The monoisotopic (exact) mass is 384 g/mol. The van der Waals surface area contributed by atoms with Gasteiger partial charge in [0.05, 0.1) is 15.9 Å². The topological polar surface area (TPSA) is 28.7 Å². The summed E-state index contributed by atoms with van der Waals surface area (Å²) in [6, 6.07) is 24.9. The fourth-order valence-electron chi connectivity index (χ4n) is 3.92. The van der Waals surface area contributed by atoms with Gasteiger partial charge in [0.1, 0.15) is 4.83 Å². The second-order valence-corrected chi connectivity index (χ2v) is 8.11. The van der Waals surface area contributed by atoms with Crippen molar-refractivity contribution in [1.29, 1.82) is 0 Å². The molecule has 0 spiro atoms. The number of thiophene rings is 1. The molecule has 1 N–H and O–H groups in total. The van der Waals surface area contributed by atoms with Crippen LogP contribution in [0.25, 0.3) is 53.4 Å². The van der Waals surface area contributed by atoms with Crippen LogP contribution in [0.3, 0.4) is 0 Å². The van der Waals surface area contributed by atoms with Gasteiger partial charge in [-0.25, -0.2) is 4.98 Å². The molecule has 0 bridgehead atoms. The largest absolute Gasteiger partial charge is 0.353 e. The molecule has 4 heteroatoms. The molecule has 0 saturated carbocycles. The zero-order chi connectivity index (χ0) is 18.0. The second kappa shape index (κ2) is 5.56. The fraction of sp³-hybridized carbons (Fsp3) is 0. The first-order valence-corrected chi connectivity index (χ1v) is 9.96. The van der Waals surface area contributed by atoms with Gasteiger partial charge in [-0.3, -0.25) is 0 Å². The summed E-state index contributed by atoms with van der Waals surface area (Å²) >= 11 is 8.02. The summed E-state index contributed by atoms with van der Waals surface area (Å²) in [7, 11) is 0. The van der Waals surface area contributed by atoms with E-state index in [2.05, 4.69) is 53.5 Å². The van der Waals surface area contributed by atoms with Crippen LogP contribution in [0.2, 0.25) is 5.02 Å². The number of pyridine rings is 1. The average molecular weight is 385 g/mol. The van der Waals surface area contributed by atoms with Crippen molar-refractivity contribution in [3.63, 3.8) is 0 Å². The van der Waals surface area contributed by atoms with E-state index in [1.807, 2.05) is 24.3 Å². The van der Waals surface area contributed by atoms with Gasteiger partial charge in [0.15, 0.2) is 0 Å². The smallest absolute Gasteiger partial charge is 0.125 e. The van der Waals surface area contributed by atoms with Gasteiger partial charge in [-0.15, -0.1) is 11.3 Å². The van der Waals surface area contributed by atoms with Gasteiger partial charge >= 0.3 is 0 Å². The first-order chi connectivity index (χ1) is 13.3. The zero-order valence-corrected chi connectivity index (χ0v) is 15.7. The maximum Gasteiger partial charge on any atom is 0.125 e. The van der Waals surface area contributed by atoms with Crippen LogP contribution < -0.4 is 0 Å². The van der Waals surface area contributed by atoms with Crippen LogP contribution in [-0.4, -0.2) is 9.97 Å². The molecular formula is C23H13ClN2S. The van der Waals surface area contributed by atoms with Crippen molar-refractivity contribution in [3.05, 3.63) is 77.8 Å². The summed E-state index contributed by atoms with van der Waals surface area (Å²) in [5.74, 6) is 0. The Labute approximate surface area is 164 Å². The third-order valence-corrected chi connectivity index (χ3v) is 6.42. The molecule has 0 atom stereocenters. The second-order valence-electron chi connectivity index (χ2n) is 6.67. The van der Waals surface area contributed by atoms with Gasteiger partial charge in [0.25, 0.3) is 0 Å². The molecule has 3 heterocycles. The highest BCUT2D eigenvalue weighted by molar-refractivity contribution is 7.26. The van der Waals surface area contributed by atoms with Crippen LogP contribution in [0, 0.1) is 0 Å². The number of nitrogens with zero attached hydrogens (tertiary/aromatic N) is 1. The maximum atomic E-state index is 6.28. The predicted octanol–water partition coefficient (Wildman–Crippen LogP) is 7.40. The first-order valence-electron chi connectivity index (χ1n) is 8.77. The van der Waals surface area contributed by atoms with E-state index in [0.717, 1.165) is 32.1 Å². The molecule has 0 fully saturated rings. The average Bonchev–Trinajstić information content (AvgIpc) is 3.23. The molecule has 0 aliphatic heterocycles. The standard InChI is InChI=1S/C23H13ClN2S/c24-14-7-5-6-13(12-14)21-22-19(15-8-1-3-10-17(15)25-21)20-16-9-2-4-11-18(16)26-23(20)27-22/h1-12,25H. The number of hydrogen-bond donors (Lipinski definition) is 1. The molecule has 0 aliphatic carbocycles. The van der Waals surface area contributed by atoms with E-state index in [4.69, 9.17) is 16.6 Å². The Morgan fingerprint density at radius 2 is 1.63 bits per heavy atom. The molecule has 0 aliphatic rings. The minimum Gasteiger partial charge on any atom is -0.353 e. The van der Waals surface area contributed by atoms with Crippen LogP contribution in [0.5, 0.6) is 0 Å². The molecule has 6 aromatic rings. The van der Waals surface area contributed by atoms with Gasteiger partial charge in [-0.2, -0.15) is 0 Å². The van der Waals surface area contributed by atoms with Crippen molar-refractivity contribution < 1.29 is 0 Å². The van der Waals surface area contributed by atoms with Gasteiger partial charge < -0.3 is 4.98 Å². The van der Waals surface area contributed by atoms with E-state index in [9.17, 15) is 0 Å². The van der Waals surface area contributed by atoms with Crippen molar-refractivity contribution in [2.45, 2.75) is 0 Å². The third kappa shape index (κ3) is 2.16. The Kier molecular flexibility index (Phi) is 3.13. The Morgan fingerprint density at radius 1 is 0.815 bits per heavy atom. The lowest BCUT2D eigenvalue weighted by molar-refractivity contribution is 1.44. The van der Waals surface area contributed by atoms with Crippen molar-refractivity contribution in [2.24, 2.45) is 0 Å². The zero-order valence-electron chi connectivity index (χ0n) is 14.2. The summed E-state index contributed by atoms with van der Waals surface area (Å²) in [6.45, 7) is 0. The highest BCUT2D eigenvalue weighted by Crippen LogP contribution is 2.45. The molecule has 3 aromatic carbocycles. The molecule has 6 rings (SSSR count). The molecular weight excluding hydrogens is 372 g/mol. The maximum absolute atomic E-state index is 6.28. The van der Waals surface area contributed by atoms with Crippen molar-refractivity contribution in [3.8, 4) is 11.3 Å². The number of para-hydroxylation sites is 2. The molecule has 2 nitrogen and oxygen atoms in total. The minimum absolute atomic E-state index is 0.737. The van der Waals surface area contributed by atoms with Crippen molar-refractivity contribution in [2.75, 3.05) is 0 Å². The van der Waals surface area contributed by atoms with Gasteiger partial charge in [-0.1, -0.05) is 60.1 Å². The lowest BCUT2D eigenvalue weighted by Crippen LogP contribution is -1.87. The number of aromatic nitrogens is 2.